The molecule has 184 valence electrons. The summed E-state index contributed by atoms with van der Waals surface area (Å²) in [5.41, 5.74) is 1.71. The van der Waals surface area contributed by atoms with Gasteiger partial charge in [-0.1, -0.05) is 56.0 Å². The first-order valence-electron chi connectivity index (χ1n) is 11.6. The SMILES string of the molecule is O=C(OCc1ccccc1)c1ccc(NC(=O)[C@H](CC2CCCC2)n2cc(C[SH](=O)=O)cn2)nc1. The van der Waals surface area contributed by atoms with Crippen molar-refractivity contribution < 1.29 is 22.7 Å². The van der Waals surface area contributed by atoms with Crippen LogP contribution in [0, 0.1) is 5.92 Å². The number of anilines is 1. The second kappa shape index (κ2) is 11.7. The standard InChI is InChI=1S/C25H28N4O5S/c30-24(22(12-18-6-4-5-7-18)29-15-20(13-27-29)17-35(32)33)28-23-11-10-21(14-26-23)25(31)34-16-19-8-2-1-3-9-19/h1-3,8-11,13-15,18,22,35H,4-7,12,16-17H2,(H,26,28,30)/t22-/m0/s1. The van der Waals surface area contributed by atoms with E-state index >= 15 is 0 Å². The van der Waals surface area contributed by atoms with Crippen LogP contribution in [0.4, 0.5) is 5.82 Å². The molecule has 2 aromatic heterocycles. The maximum absolute atomic E-state index is 13.2. The van der Waals surface area contributed by atoms with Crippen molar-refractivity contribution in [3.63, 3.8) is 0 Å². The summed E-state index contributed by atoms with van der Waals surface area (Å²) in [6.45, 7) is 0.160. The molecule has 2 heterocycles. The second-order valence-electron chi connectivity index (χ2n) is 8.70. The number of ether oxygens (including phenoxy) is 1. The first-order chi connectivity index (χ1) is 17.0. The van der Waals surface area contributed by atoms with Gasteiger partial charge in [0.05, 0.1) is 17.5 Å². The third kappa shape index (κ3) is 6.98. The smallest absolute Gasteiger partial charge is 0.340 e. The summed E-state index contributed by atoms with van der Waals surface area (Å²) >= 11 is 0. The molecule has 1 aliphatic rings. The number of thiol groups is 1. The fourth-order valence-corrected chi connectivity index (χ4v) is 4.74. The Kier molecular flexibility index (Phi) is 8.25. The summed E-state index contributed by atoms with van der Waals surface area (Å²) in [6.07, 6.45) is 9.47. The molecule has 1 amide bonds. The van der Waals surface area contributed by atoms with E-state index in [2.05, 4.69) is 15.4 Å². The fraction of sp³-hybridized carbons (Fsp3) is 0.360. The van der Waals surface area contributed by atoms with E-state index in [-0.39, 0.29) is 23.8 Å². The van der Waals surface area contributed by atoms with E-state index in [1.54, 1.807) is 18.3 Å². The molecule has 10 heteroatoms. The topological polar surface area (TPSA) is 120 Å². The van der Waals surface area contributed by atoms with Gasteiger partial charge in [-0.2, -0.15) is 5.10 Å². The van der Waals surface area contributed by atoms with E-state index in [0.29, 0.717) is 23.7 Å². The maximum atomic E-state index is 13.2. The van der Waals surface area contributed by atoms with Crippen molar-refractivity contribution in [2.24, 2.45) is 5.92 Å². The Bertz CT molecular complexity index is 1210. The van der Waals surface area contributed by atoms with Gasteiger partial charge < -0.3 is 10.1 Å². The number of carbonyl (C=O) groups is 2. The molecule has 35 heavy (non-hydrogen) atoms. The average Bonchev–Trinajstić information content (AvgIpc) is 3.54. The van der Waals surface area contributed by atoms with Gasteiger partial charge >= 0.3 is 5.97 Å². The van der Waals surface area contributed by atoms with Crippen molar-refractivity contribution >= 4 is 28.4 Å². The van der Waals surface area contributed by atoms with Gasteiger partial charge in [-0.25, -0.2) is 18.2 Å². The van der Waals surface area contributed by atoms with Crippen LogP contribution < -0.4 is 5.32 Å². The molecule has 0 saturated heterocycles. The van der Waals surface area contributed by atoms with Crippen molar-refractivity contribution in [2.45, 2.75) is 50.5 Å². The minimum absolute atomic E-state index is 0.115. The molecule has 3 aromatic rings. The molecule has 0 unspecified atom stereocenters. The summed E-state index contributed by atoms with van der Waals surface area (Å²) in [5, 5.41) is 7.07. The van der Waals surface area contributed by atoms with Gasteiger partial charge in [0.1, 0.15) is 29.2 Å². The maximum Gasteiger partial charge on any atom is 0.340 e. The number of pyridine rings is 1. The molecular formula is C25H28N4O5S. The highest BCUT2D eigenvalue weighted by Gasteiger charge is 2.28. The molecule has 0 bridgehead atoms. The molecule has 1 aliphatic carbocycles. The van der Waals surface area contributed by atoms with E-state index in [1.165, 1.54) is 17.1 Å². The van der Waals surface area contributed by atoms with E-state index < -0.39 is 22.7 Å². The lowest BCUT2D eigenvalue weighted by atomic mass is 9.98. The zero-order valence-corrected chi connectivity index (χ0v) is 20.1. The second-order valence-corrected chi connectivity index (χ2v) is 9.69. The number of nitrogens with one attached hydrogen (secondary N) is 1. The molecule has 0 spiro atoms. The molecule has 1 saturated carbocycles. The zero-order chi connectivity index (χ0) is 24.6. The quantitative estimate of drug-likeness (QED) is 0.326. The predicted molar refractivity (Wildman–Crippen MR) is 130 cm³/mol. The largest absolute Gasteiger partial charge is 0.457 e. The van der Waals surface area contributed by atoms with Gasteiger partial charge in [0.2, 0.25) is 5.91 Å². The van der Waals surface area contributed by atoms with Crippen LogP contribution in [0.5, 0.6) is 0 Å². The van der Waals surface area contributed by atoms with Crippen molar-refractivity contribution in [2.75, 3.05) is 5.32 Å². The molecule has 9 nitrogen and oxygen atoms in total. The molecule has 1 N–H and O–H groups in total. The molecule has 1 aromatic carbocycles. The van der Waals surface area contributed by atoms with Crippen molar-refractivity contribution in [1.82, 2.24) is 14.8 Å². The summed E-state index contributed by atoms with van der Waals surface area (Å²) in [4.78, 5) is 29.7. The predicted octanol–water partition coefficient (Wildman–Crippen LogP) is 3.51. The van der Waals surface area contributed by atoms with Crippen LogP contribution >= 0.6 is 0 Å². The molecule has 0 aliphatic heterocycles. The number of esters is 1. The van der Waals surface area contributed by atoms with E-state index in [4.69, 9.17) is 4.74 Å². The molecule has 0 radical (unpaired) electrons. The van der Waals surface area contributed by atoms with Crippen LogP contribution in [0.15, 0.2) is 61.1 Å². The Labute approximate surface area is 205 Å². The number of amides is 1. The first kappa shape index (κ1) is 24.6. The van der Waals surface area contributed by atoms with Crippen molar-refractivity contribution in [3.05, 3.63) is 77.7 Å². The van der Waals surface area contributed by atoms with Crippen molar-refractivity contribution in [3.8, 4) is 0 Å². The summed E-state index contributed by atoms with van der Waals surface area (Å²) in [7, 11) is -2.58. The van der Waals surface area contributed by atoms with Gasteiger partial charge in [0.25, 0.3) is 0 Å². The van der Waals surface area contributed by atoms with E-state index in [9.17, 15) is 18.0 Å². The third-order valence-electron chi connectivity index (χ3n) is 6.08. The van der Waals surface area contributed by atoms with E-state index in [1.807, 2.05) is 30.3 Å². The number of nitrogens with zero attached hydrogens (tertiary/aromatic N) is 3. The minimum atomic E-state index is -2.58. The van der Waals surface area contributed by atoms with Crippen LogP contribution in [0.3, 0.4) is 0 Å². The number of carbonyl (C=O) groups excluding carboxylic acids is 2. The lowest BCUT2D eigenvalue weighted by Gasteiger charge is -2.20. The monoisotopic (exact) mass is 496 g/mol. The highest BCUT2D eigenvalue weighted by Crippen LogP contribution is 2.32. The number of hydrogen-bond acceptors (Lipinski definition) is 7. The number of rotatable bonds is 10. The van der Waals surface area contributed by atoms with Gasteiger partial charge in [-0.3, -0.25) is 9.48 Å². The normalized spacial score (nSPS) is 14.7. The summed E-state index contributed by atoms with van der Waals surface area (Å²) in [6, 6.07) is 11.9. The number of benzene rings is 1. The highest BCUT2D eigenvalue weighted by molar-refractivity contribution is 7.71. The van der Waals surface area contributed by atoms with Crippen LogP contribution in [-0.4, -0.2) is 35.1 Å². The first-order valence-corrected chi connectivity index (χ1v) is 13.0. The minimum Gasteiger partial charge on any atom is -0.457 e. The molecular weight excluding hydrogens is 468 g/mol. The Hall–Kier alpha value is -3.53. The van der Waals surface area contributed by atoms with Crippen LogP contribution in [-0.2, 0) is 32.6 Å². The number of hydrogen-bond donors (Lipinski definition) is 2. The Morgan fingerprint density at radius 2 is 1.83 bits per heavy atom. The van der Waals surface area contributed by atoms with E-state index in [0.717, 1.165) is 31.2 Å². The van der Waals surface area contributed by atoms with Crippen LogP contribution in [0.1, 0.15) is 59.6 Å². The van der Waals surface area contributed by atoms with Gasteiger partial charge in [-0.05, 0) is 30.0 Å². The average molecular weight is 497 g/mol. The lowest BCUT2D eigenvalue weighted by Crippen LogP contribution is -2.28. The molecule has 1 fully saturated rings. The lowest BCUT2D eigenvalue weighted by molar-refractivity contribution is -0.120. The highest BCUT2D eigenvalue weighted by atomic mass is 32.2. The zero-order valence-electron chi connectivity index (χ0n) is 19.2. The summed E-state index contributed by atoms with van der Waals surface area (Å²) < 4.78 is 29.0. The Morgan fingerprint density at radius 1 is 1.06 bits per heavy atom. The Morgan fingerprint density at radius 3 is 2.51 bits per heavy atom. The molecule has 1 atom stereocenters. The Balaban J connectivity index is 1.41. The van der Waals surface area contributed by atoms with Gasteiger partial charge in [0.15, 0.2) is 0 Å². The number of aromatic nitrogens is 3. The van der Waals surface area contributed by atoms with Crippen molar-refractivity contribution in [1.29, 1.82) is 0 Å². The molecule has 4 rings (SSSR count). The van der Waals surface area contributed by atoms with Gasteiger partial charge in [-0.15, -0.1) is 0 Å². The van der Waals surface area contributed by atoms with Gasteiger partial charge in [0, 0.05) is 18.0 Å². The third-order valence-corrected chi connectivity index (χ3v) is 6.71. The fourth-order valence-electron chi connectivity index (χ4n) is 4.28. The van der Waals surface area contributed by atoms with Crippen LogP contribution in [0.25, 0.3) is 0 Å². The van der Waals surface area contributed by atoms with Crippen LogP contribution in [0.2, 0.25) is 0 Å². The summed E-state index contributed by atoms with van der Waals surface area (Å²) in [5.74, 6) is -0.189.